The highest BCUT2D eigenvalue weighted by atomic mass is 32.2. The standard InChI is InChI=1S/C47H49N3O13S4/c1-10-49-36-18-15-31-33(22-29(65(53,54)55)24-38(31)64-63-62-52)42(36)46(6,7)40(49)20-13-27(35-17-12-28(26-48-35)44(51)45(3,4)5)14-21-41-47(8,9)43-34-23-30(66(56,57)58)25-39(67(59,60)61)32(34)16-19-37(43)50(41)11-2/h12-26H,10-11H2,1-9H3,(H3-,52,53,54,55,56,57,58,59,60,61)/p-3. The summed E-state index contributed by atoms with van der Waals surface area (Å²) in [7, 11) is -15.4. The molecule has 0 unspecified atom stereocenters. The third-order valence-electron chi connectivity index (χ3n) is 12.3. The van der Waals surface area contributed by atoms with E-state index in [1.165, 1.54) is 18.3 Å². The molecule has 0 N–H and O–H groups in total. The number of benzene rings is 4. The number of hydrogen-bond donors (Lipinski definition) is 0. The van der Waals surface area contributed by atoms with Crippen molar-refractivity contribution in [2.75, 3.05) is 18.0 Å². The number of pyridine rings is 1. The third kappa shape index (κ3) is 9.03. The number of nitrogens with zero attached hydrogens (tertiary/aromatic N) is 3. The predicted octanol–water partition coefficient (Wildman–Crippen LogP) is 7.30. The van der Waals surface area contributed by atoms with Gasteiger partial charge in [0.05, 0.1) is 37.8 Å². The van der Waals surface area contributed by atoms with E-state index in [0.717, 1.165) is 23.5 Å². The van der Waals surface area contributed by atoms with Gasteiger partial charge in [-0.15, -0.1) is 0 Å². The summed E-state index contributed by atoms with van der Waals surface area (Å²) in [5.41, 5.74) is 2.97. The fourth-order valence-electron chi connectivity index (χ4n) is 9.27. The Labute approximate surface area is 393 Å². The zero-order chi connectivity index (χ0) is 49.4. The van der Waals surface area contributed by atoms with Crippen LogP contribution in [-0.2, 0) is 50.6 Å². The van der Waals surface area contributed by atoms with Crippen molar-refractivity contribution in [3.05, 3.63) is 119 Å². The molecule has 0 amide bonds. The number of Topliss-reactive ketones (excluding diaryl/α,β-unsaturated/α-hetero) is 1. The number of anilines is 1. The Bertz CT molecular complexity index is 3390. The number of allylic oxidation sites excluding steroid dienone is 6. The largest absolute Gasteiger partial charge is 0.744 e. The van der Waals surface area contributed by atoms with Crippen LogP contribution in [-0.4, -0.2) is 73.1 Å². The van der Waals surface area contributed by atoms with Crippen LogP contribution in [0.2, 0.25) is 0 Å². The Morgan fingerprint density at radius 2 is 1.43 bits per heavy atom. The zero-order valence-electron chi connectivity index (χ0n) is 37.9. The molecule has 0 radical (unpaired) electrons. The van der Waals surface area contributed by atoms with Gasteiger partial charge in [-0.25, -0.2) is 25.3 Å². The summed E-state index contributed by atoms with van der Waals surface area (Å²) in [6.45, 7) is 17.8. The lowest BCUT2D eigenvalue weighted by molar-refractivity contribution is -0.777. The van der Waals surface area contributed by atoms with Crippen LogP contribution in [0.5, 0.6) is 0 Å². The molecule has 354 valence electrons. The Balaban J connectivity index is 1.43. The molecule has 67 heavy (non-hydrogen) atoms. The van der Waals surface area contributed by atoms with Gasteiger partial charge in [0.2, 0.25) is 5.69 Å². The van der Waals surface area contributed by atoms with Crippen molar-refractivity contribution in [2.24, 2.45) is 5.41 Å². The van der Waals surface area contributed by atoms with Crippen molar-refractivity contribution < 1.29 is 62.9 Å². The molecular weight excluding hydrogens is 943 g/mol. The molecule has 3 heterocycles. The SMILES string of the molecule is CCN1/C(=C/C=C(/C=C/C2=[N+](CC)c3ccc4c(SOO[O-])cc(S(=O)(=O)[O-])cc4c3C2(C)C)c2ccc(C(=O)C(C)(C)C)cn2)C(C)(C)c2c1ccc1c(S(=O)(=O)[O-])cc(S(=O)(=O)[O-])cc21. The highest BCUT2D eigenvalue weighted by molar-refractivity contribution is 7.94. The van der Waals surface area contributed by atoms with E-state index in [2.05, 4.69) is 13.9 Å². The van der Waals surface area contributed by atoms with Crippen molar-refractivity contribution in [1.29, 1.82) is 0 Å². The van der Waals surface area contributed by atoms with Crippen molar-refractivity contribution >= 4 is 92.4 Å². The van der Waals surface area contributed by atoms with Crippen molar-refractivity contribution in [1.82, 2.24) is 4.98 Å². The monoisotopic (exact) mass is 988 g/mol. The summed E-state index contributed by atoms with van der Waals surface area (Å²) >= 11 is 0.475. The third-order valence-corrected chi connectivity index (χ3v) is 15.4. The minimum atomic E-state index is -5.23. The molecule has 2 aliphatic rings. The minimum Gasteiger partial charge on any atom is -0.744 e. The molecule has 5 aromatic rings. The fourth-order valence-corrected chi connectivity index (χ4v) is 11.7. The Hall–Kier alpha value is -5.13. The molecule has 4 aromatic carbocycles. The van der Waals surface area contributed by atoms with Crippen LogP contribution in [0.1, 0.15) is 89.5 Å². The maximum atomic E-state index is 13.3. The second-order valence-corrected chi connectivity index (χ2v) is 23.0. The van der Waals surface area contributed by atoms with Crippen LogP contribution in [0.15, 0.2) is 116 Å². The van der Waals surface area contributed by atoms with Gasteiger partial charge < -0.3 is 23.8 Å². The minimum absolute atomic E-state index is 0.0316. The Kier molecular flexibility index (Phi) is 12.9. The number of rotatable bonds is 13. The van der Waals surface area contributed by atoms with Gasteiger partial charge in [0, 0.05) is 68.7 Å². The first-order valence-electron chi connectivity index (χ1n) is 20.8. The molecule has 0 bridgehead atoms. The summed E-state index contributed by atoms with van der Waals surface area (Å²) < 4.78 is 118. The summed E-state index contributed by atoms with van der Waals surface area (Å²) in [6.07, 6.45) is 8.94. The Morgan fingerprint density at radius 1 is 0.806 bits per heavy atom. The van der Waals surface area contributed by atoms with E-state index in [1.807, 2.05) is 97.6 Å². The number of hydrogen-bond acceptors (Lipinski definition) is 16. The summed E-state index contributed by atoms with van der Waals surface area (Å²) in [5, 5.41) is 15.4. The number of ketones is 1. The Morgan fingerprint density at radius 3 is 1.99 bits per heavy atom. The van der Waals surface area contributed by atoms with Crippen LogP contribution in [0.3, 0.4) is 0 Å². The normalized spacial score (nSPS) is 17.1. The summed E-state index contributed by atoms with van der Waals surface area (Å²) in [6, 6.07) is 14.2. The van der Waals surface area contributed by atoms with Gasteiger partial charge in [-0.1, -0.05) is 46.8 Å². The van der Waals surface area contributed by atoms with Gasteiger partial charge in [-0.2, -0.15) is 8.91 Å². The molecule has 0 saturated carbocycles. The average molecular weight is 989 g/mol. The van der Waals surface area contributed by atoms with E-state index in [0.29, 0.717) is 81.3 Å². The number of likely N-dealkylation sites (N-methyl/N-ethyl adjacent to an activating group) is 1. The van der Waals surface area contributed by atoms with Crippen LogP contribution >= 0.6 is 12.0 Å². The lowest BCUT2D eigenvalue weighted by Crippen LogP contribution is -2.27. The lowest BCUT2D eigenvalue weighted by atomic mass is 9.79. The van der Waals surface area contributed by atoms with Gasteiger partial charge in [-0.3, -0.25) is 14.8 Å². The summed E-state index contributed by atoms with van der Waals surface area (Å²) in [4.78, 5) is 17.9. The van der Waals surface area contributed by atoms with Crippen LogP contribution in [0, 0.1) is 5.41 Å². The summed E-state index contributed by atoms with van der Waals surface area (Å²) in [5.74, 6) is -0.111. The highest BCUT2D eigenvalue weighted by Gasteiger charge is 2.46. The number of carbonyl (C=O) groups is 1. The molecule has 1 aromatic heterocycles. The number of carbonyl (C=O) groups excluding carboxylic acids is 1. The second-order valence-electron chi connectivity index (χ2n) is 18.2. The van der Waals surface area contributed by atoms with Gasteiger partial charge >= 0.3 is 0 Å². The molecule has 2 aliphatic heterocycles. The van der Waals surface area contributed by atoms with E-state index < -0.39 is 61.3 Å². The van der Waals surface area contributed by atoms with E-state index in [-0.39, 0.29) is 21.5 Å². The van der Waals surface area contributed by atoms with E-state index in [4.69, 9.17) is 4.98 Å². The molecule has 16 nitrogen and oxygen atoms in total. The molecule has 0 atom stereocenters. The van der Waals surface area contributed by atoms with E-state index >= 15 is 0 Å². The van der Waals surface area contributed by atoms with Gasteiger partial charge in [0.15, 0.2) is 11.5 Å². The molecular formula is C47H46N3O13S4-3. The number of fused-ring (bicyclic) bond motifs is 6. The second kappa shape index (κ2) is 17.4. The van der Waals surface area contributed by atoms with Crippen LogP contribution < -0.4 is 10.2 Å². The molecule has 0 fully saturated rings. The average Bonchev–Trinajstić information content (AvgIpc) is 3.61. The van der Waals surface area contributed by atoms with Crippen LogP contribution in [0.25, 0.3) is 27.1 Å². The maximum Gasteiger partial charge on any atom is 0.210 e. The first kappa shape index (κ1) is 49.8. The fraction of sp³-hybridized carbons (Fsp3) is 0.298. The smallest absolute Gasteiger partial charge is 0.210 e. The van der Waals surface area contributed by atoms with Crippen molar-refractivity contribution in [2.45, 2.75) is 92.7 Å². The molecule has 0 spiro atoms. The number of aromatic nitrogens is 1. The first-order chi connectivity index (χ1) is 31.1. The van der Waals surface area contributed by atoms with Crippen LogP contribution in [0.4, 0.5) is 11.4 Å². The maximum absolute atomic E-state index is 13.3. The lowest BCUT2D eigenvalue weighted by Gasteiger charge is -2.26. The molecule has 7 rings (SSSR count). The van der Waals surface area contributed by atoms with E-state index in [1.54, 1.807) is 24.3 Å². The van der Waals surface area contributed by atoms with Gasteiger partial charge in [0.1, 0.15) is 36.9 Å². The zero-order valence-corrected chi connectivity index (χ0v) is 41.1. The topological polar surface area (TPSA) is 249 Å². The highest BCUT2D eigenvalue weighted by Crippen LogP contribution is 2.52. The first-order valence-corrected chi connectivity index (χ1v) is 25.8. The predicted molar refractivity (Wildman–Crippen MR) is 248 cm³/mol. The van der Waals surface area contributed by atoms with Gasteiger partial charge in [-0.05, 0) is 115 Å². The molecule has 0 aliphatic carbocycles. The van der Waals surface area contributed by atoms with E-state index in [9.17, 15) is 49.0 Å². The van der Waals surface area contributed by atoms with Crippen molar-refractivity contribution in [3.63, 3.8) is 0 Å². The van der Waals surface area contributed by atoms with Crippen molar-refractivity contribution in [3.8, 4) is 0 Å². The van der Waals surface area contributed by atoms with Gasteiger partial charge in [0.25, 0.3) is 0 Å². The molecule has 0 saturated heterocycles. The quantitative estimate of drug-likeness (QED) is 0.0213. The molecule has 20 heteroatoms.